The molecule has 5 heteroatoms. The maximum Gasteiger partial charge on any atom is 0.433 e. The normalized spacial score (nSPS) is 21.9. The highest BCUT2D eigenvalue weighted by Gasteiger charge is 2.32. The van der Waals surface area contributed by atoms with E-state index in [-0.39, 0.29) is 11.5 Å². The van der Waals surface area contributed by atoms with Crippen LogP contribution >= 0.6 is 0 Å². The standard InChI is InChI=1S/C22H25F4N/c1-3-15-4-6-16(7-5-15)14(2)17-8-10-19(20(23)12-17)18-9-11-21(27-13-18)22(24,25)26/h8-16H,3-7H2,1-2H3. The van der Waals surface area contributed by atoms with Crippen LogP contribution in [0.1, 0.15) is 63.1 Å². The van der Waals surface area contributed by atoms with E-state index in [1.807, 2.05) is 6.07 Å². The molecule has 1 fully saturated rings. The van der Waals surface area contributed by atoms with Crippen molar-refractivity contribution in [2.24, 2.45) is 11.8 Å². The predicted octanol–water partition coefficient (Wildman–Crippen LogP) is 7.23. The van der Waals surface area contributed by atoms with Crippen molar-refractivity contribution in [3.05, 3.63) is 53.6 Å². The molecule has 0 saturated heterocycles. The highest BCUT2D eigenvalue weighted by atomic mass is 19.4. The molecule has 1 atom stereocenters. The van der Waals surface area contributed by atoms with Crippen molar-refractivity contribution >= 4 is 0 Å². The van der Waals surface area contributed by atoms with Gasteiger partial charge in [0, 0.05) is 17.3 Å². The summed E-state index contributed by atoms with van der Waals surface area (Å²) in [6, 6.07) is 7.24. The number of rotatable bonds is 4. The molecule has 1 aliphatic rings. The summed E-state index contributed by atoms with van der Waals surface area (Å²) in [4.78, 5) is 3.42. The van der Waals surface area contributed by atoms with Crippen molar-refractivity contribution in [2.45, 2.75) is 58.0 Å². The summed E-state index contributed by atoms with van der Waals surface area (Å²) in [6.45, 7) is 4.38. The van der Waals surface area contributed by atoms with E-state index < -0.39 is 17.7 Å². The molecule has 1 aromatic carbocycles. The van der Waals surface area contributed by atoms with Crippen LogP contribution in [-0.4, -0.2) is 4.98 Å². The fourth-order valence-corrected chi connectivity index (χ4v) is 4.14. The number of aromatic nitrogens is 1. The van der Waals surface area contributed by atoms with E-state index in [2.05, 4.69) is 18.8 Å². The maximum absolute atomic E-state index is 14.7. The van der Waals surface area contributed by atoms with Crippen LogP contribution < -0.4 is 0 Å². The molecule has 0 radical (unpaired) electrons. The SMILES string of the molecule is CCC1CCC(C(C)c2ccc(-c3ccc(C(F)(F)F)nc3)c(F)c2)CC1. The Kier molecular flexibility index (Phi) is 5.87. The van der Waals surface area contributed by atoms with E-state index >= 15 is 0 Å². The summed E-state index contributed by atoms with van der Waals surface area (Å²) in [5, 5.41) is 0. The van der Waals surface area contributed by atoms with Gasteiger partial charge in [0.1, 0.15) is 11.5 Å². The number of hydrogen-bond acceptors (Lipinski definition) is 1. The Bertz CT molecular complexity index is 759. The molecular formula is C22H25F4N. The highest BCUT2D eigenvalue weighted by molar-refractivity contribution is 5.63. The van der Waals surface area contributed by atoms with Crippen LogP contribution in [0, 0.1) is 17.7 Å². The van der Waals surface area contributed by atoms with Crippen LogP contribution in [0.25, 0.3) is 11.1 Å². The molecule has 3 rings (SSSR count). The third kappa shape index (κ3) is 4.50. The van der Waals surface area contributed by atoms with Gasteiger partial charge in [-0.05, 0) is 48.3 Å². The Hall–Kier alpha value is -1.91. The van der Waals surface area contributed by atoms with Gasteiger partial charge >= 0.3 is 6.18 Å². The second-order valence-corrected chi connectivity index (χ2v) is 7.65. The van der Waals surface area contributed by atoms with Gasteiger partial charge in [0.05, 0.1) is 0 Å². The highest BCUT2D eigenvalue weighted by Crippen LogP contribution is 2.39. The van der Waals surface area contributed by atoms with E-state index in [1.54, 1.807) is 6.07 Å². The minimum Gasteiger partial charge on any atom is -0.251 e. The second-order valence-electron chi connectivity index (χ2n) is 7.65. The third-order valence-electron chi connectivity index (χ3n) is 6.06. The number of halogens is 4. The van der Waals surface area contributed by atoms with E-state index in [0.717, 1.165) is 23.7 Å². The molecule has 0 bridgehead atoms. The lowest BCUT2D eigenvalue weighted by Gasteiger charge is -2.32. The van der Waals surface area contributed by atoms with Crippen LogP contribution in [-0.2, 0) is 6.18 Å². The fraction of sp³-hybridized carbons (Fsp3) is 0.500. The Morgan fingerprint density at radius 1 is 1.07 bits per heavy atom. The van der Waals surface area contributed by atoms with Crippen molar-refractivity contribution < 1.29 is 17.6 Å². The number of hydrogen-bond donors (Lipinski definition) is 0. The van der Waals surface area contributed by atoms with Gasteiger partial charge in [0.2, 0.25) is 0 Å². The molecule has 1 aromatic heterocycles. The summed E-state index contributed by atoms with van der Waals surface area (Å²) in [5.41, 5.74) is 0.612. The Labute approximate surface area is 157 Å². The monoisotopic (exact) mass is 379 g/mol. The van der Waals surface area contributed by atoms with Gasteiger partial charge in [0.15, 0.2) is 0 Å². The molecule has 1 aliphatic carbocycles. The zero-order chi connectivity index (χ0) is 19.6. The van der Waals surface area contributed by atoms with E-state index in [1.165, 1.54) is 44.2 Å². The second kappa shape index (κ2) is 7.99. The smallest absolute Gasteiger partial charge is 0.251 e. The zero-order valence-electron chi connectivity index (χ0n) is 15.7. The van der Waals surface area contributed by atoms with E-state index in [4.69, 9.17) is 0 Å². The summed E-state index contributed by atoms with van der Waals surface area (Å²) in [5.74, 6) is 1.24. The van der Waals surface area contributed by atoms with Crippen LogP contribution in [0.3, 0.4) is 0 Å². The minimum absolute atomic E-state index is 0.275. The van der Waals surface area contributed by atoms with Crippen LogP contribution in [0.15, 0.2) is 36.5 Å². The van der Waals surface area contributed by atoms with Crippen LogP contribution in [0.4, 0.5) is 17.6 Å². The first-order chi connectivity index (χ1) is 12.8. The Morgan fingerprint density at radius 2 is 1.78 bits per heavy atom. The topological polar surface area (TPSA) is 12.9 Å². The van der Waals surface area contributed by atoms with E-state index in [9.17, 15) is 17.6 Å². The molecule has 0 spiro atoms. The predicted molar refractivity (Wildman–Crippen MR) is 98.8 cm³/mol. The fourth-order valence-electron chi connectivity index (χ4n) is 4.14. The molecule has 1 heterocycles. The van der Waals surface area contributed by atoms with Crippen LogP contribution in [0.5, 0.6) is 0 Å². The molecule has 1 nitrogen and oxygen atoms in total. The number of nitrogens with zero attached hydrogens (tertiary/aromatic N) is 1. The lowest BCUT2D eigenvalue weighted by atomic mass is 9.73. The summed E-state index contributed by atoms with van der Waals surface area (Å²) in [7, 11) is 0. The number of alkyl halides is 3. The van der Waals surface area contributed by atoms with Gasteiger partial charge in [-0.3, -0.25) is 4.98 Å². The molecule has 0 N–H and O–H groups in total. The summed E-state index contributed by atoms with van der Waals surface area (Å²) in [6.07, 6.45) is 2.64. The molecule has 1 unspecified atom stereocenters. The van der Waals surface area contributed by atoms with Crippen molar-refractivity contribution in [1.29, 1.82) is 0 Å². The van der Waals surface area contributed by atoms with Crippen molar-refractivity contribution in [1.82, 2.24) is 4.98 Å². The first-order valence-electron chi connectivity index (χ1n) is 9.62. The quantitative estimate of drug-likeness (QED) is 0.511. The lowest BCUT2D eigenvalue weighted by Crippen LogP contribution is -2.19. The van der Waals surface area contributed by atoms with Gasteiger partial charge in [-0.2, -0.15) is 13.2 Å². The van der Waals surface area contributed by atoms with Gasteiger partial charge in [-0.25, -0.2) is 4.39 Å². The zero-order valence-corrected chi connectivity index (χ0v) is 15.7. The van der Waals surface area contributed by atoms with Gasteiger partial charge in [0.25, 0.3) is 0 Å². The lowest BCUT2D eigenvalue weighted by molar-refractivity contribution is -0.141. The molecule has 0 amide bonds. The van der Waals surface area contributed by atoms with Crippen molar-refractivity contribution in [2.75, 3.05) is 0 Å². The molecule has 0 aliphatic heterocycles. The molecule has 1 saturated carbocycles. The number of benzene rings is 1. The van der Waals surface area contributed by atoms with Crippen LogP contribution in [0.2, 0.25) is 0 Å². The minimum atomic E-state index is -4.49. The average molecular weight is 379 g/mol. The molecule has 146 valence electrons. The van der Waals surface area contributed by atoms with E-state index in [0.29, 0.717) is 11.5 Å². The third-order valence-corrected chi connectivity index (χ3v) is 6.06. The van der Waals surface area contributed by atoms with Gasteiger partial charge < -0.3 is 0 Å². The van der Waals surface area contributed by atoms with Gasteiger partial charge in [-0.15, -0.1) is 0 Å². The number of pyridine rings is 1. The molecular weight excluding hydrogens is 354 g/mol. The first kappa shape index (κ1) is 19.8. The largest absolute Gasteiger partial charge is 0.433 e. The van der Waals surface area contributed by atoms with Crippen molar-refractivity contribution in [3.8, 4) is 11.1 Å². The van der Waals surface area contributed by atoms with Gasteiger partial charge in [-0.1, -0.05) is 51.3 Å². The summed E-state index contributed by atoms with van der Waals surface area (Å²) >= 11 is 0. The first-order valence-corrected chi connectivity index (χ1v) is 9.62. The molecule has 2 aromatic rings. The molecule has 27 heavy (non-hydrogen) atoms. The maximum atomic E-state index is 14.7. The average Bonchev–Trinajstić information content (AvgIpc) is 2.67. The van der Waals surface area contributed by atoms with Crippen molar-refractivity contribution in [3.63, 3.8) is 0 Å². The Morgan fingerprint density at radius 3 is 2.30 bits per heavy atom. The summed E-state index contributed by atoms with van der Waals surface area (Å²) < 4.78 is 52.6. The Balaban J connectivity index is 1.76.